The molecule has 332 valence electrons. The number of unbranched alkanes of at least 4 members (excludes halogenated alkanes) is 6. The Morgan fingerprint density at radius 2 is 1.45 bits per heavy atom. The maximum atomic E-state index is 12.8. The number of fused-ring (bicyclic) bond motifs is 3. The predicted octanol–water partition coefficient (Wildman–Crippen LogP) is 5.76. The second kappa shape index (κ2) is 19.2. The van der Waals surface area contributed by atoms with Gasteiger partial charge in [0.25, 0.3) is 0 Å². The minimum absolute atomic E-state index is 0.00884. The van der Waals surface area contributed by atoms with E-state index >= 15 is 0 Å². The number of allylic oxidation sites excluding steroid dienone is 6. The quantitative estimate of drug-likeness (QED) is 0.0409. The third-order valence-electron chi connectivity index (χ3n) is 13.7. The maximum absolute atomic E-state index is 12.8. The number of nitrogens with zero attached hydrogens (tertiary/aromatic N) is 6. The van der Waals surface area contributed by atoms with Gasteiger partial charge in [-0.3, -0.25) is 19.2 Å². The fourth-order valence-corrected chi connectivity index (χ4v) is 10.2. The van der Waals surface area contributed by atoms with Gasteiger partial charge in [-0.1, -0.05) is 99.4 Å². The molecule has 1 unspecified atom stereocenters. The number of carboxylic acids is 1. The van der Waals surface area contributed by atoms with Gasteiger partial charge in [0.1, 0.15) is 24.8 Å². The molecule has 13 nitrogen and oxygen atoms in total. The van der Waals surface area contributed by atoms with Crippen molar-refractivity contribution in [2.75, 3.05) is 25.0 Å². The highest BCUT2D eigenvalue weighted by Crippen LogP contribution is 2.48. The van der Waals surface area contributed by atoms with Gasteiger partial charge in [-0.15, -0.1) is 5.10 Å². The van der Waals surface area contributed by atoms with Crippen molar-refractivity contribution in [1.29, 1.82) is 0 Å². The standard InChI is InChI=1S/C49H65N7O6/c1-48(2)34-21-13-15-23-36(34)53(5)38(48)25-11-10-12-26-39-49(3,4)35-22-14-16-24-37(35)55(39)29-20-17-27-40(57)50-31-33-32-54(52-51-33)28-18-8-6-7-9-19-30-56-42-41(47(61)62)44(58)46(60)45(59)43(42)56/h10-16,21-26,32,41-46,58-60H,6-9,17-20,27-31H2,1-5H3,(H-,50,57,61,62)/p+1/t41-,42+,43+,44+,45-,46-,56?/m0/s1. The Labute approximate surface area is 366 Å². The SMILES string of the molecule is C[N+]1=C(/C=C/C=C/C=C2/N(CCCCC(=O)NCc3cn(CCCCCCCCN4[C@@H]5[C@H](C(=O)O)[C@@H](O)[C@H](O)[C@@H](O)[C@@H]54)nn3)c3ccccc3C2(C)C)C(C)(C)c2ccccc21. The molecule has 4 heterocycles. The number of aryl methyl sites for hydroxylation is 1. The van der Waals surface area contributed by atoms with Crippen LogP contribution in [-0.2, 0) is 33.5 Å². The van der Waals surface area contributed by atoms with E-state index in [1.165, 1.54) is 33.9 Å². The van der Waals surface area contributed by atoms with E-state index in [-0.39, 0.29) is 16.7 Å². The number of aliphatic carboxylic acids is 1. The third kappa shape index (κ3) is 9.36. The highest BCUT2D eigenvalue weighted by atomic mass is 16.4. The van der Waals surface area contributed by atoms with Crippen LogP contribution in [-0.4, -0.2) is 113 Å². The predicted molar refractivity (Wildman–Crippen MR) is 240 cm³/mol. The lowest BCUT2D eigenvalue weighted by Gasteiger charge is -2.30. The summed E-state index contributed by atoms with van der Waals surface area (Å²) in [7, 11) is 2.14. The number of hydrogen-bond donors (Lipinski definition) is 5. The molecular formula is C49H66N7O6+. The molecule has 0 bridgehead atoms. The molecule has 7 rings (SSSR count). The van der Waals surface area contributed by atoms with Crippen molar-refractivity contribution < 1.29 is 34.6 Å². The minimum atomic E-state index is -1.46. The number of carboxylic acid groups (broad SMARTS) is 1. The molecule has 2 fully saturated rings. The topological polar surface area (TPSA) is 167 Å². The summed E-state index contributed by atoms with van der Waals surface area (Å²) in [5.74, 6) is -2.21. The molecular weight excluding hydrogens is 783 g/mol. The van der Waals surface area contributed by atoms with E-state index in [2.05, 4.69) is 139 Å². The molecule has 4 aliphatic rings. The van der Waals surface area contributed by atoms with Crippen molar-refractivity contribution in [1.82, 2.24) is 25.2 Å². The lowest BCUT2D eigenvalue weighted by atomic mass is 9.81. The molecule has 5 N–H and O–H groups in total. The normalized spacial score (nSPS) is 26.4. The molecule has 7 atom stereocenters. The van der Waals surface area contributed by atoms with E-state index in [0.29, 0.717) is 19.5 Å². The number of rotatable bonds is 20. The Bertz CT molecular complexity index is 2210. The van der Waals surface area contributed by atoms with Crippen molar-refractivity contribution >= 4 is 29.0 Å². The molecule has 1 saturated carbocycles. The summed E-state index contributed by atoms with van der Waals surface area (Å²) < 4.78 is 4.12. The highest BCUT2D eigenvalue weighted by Gasteiger charge is 2.65. The Hall–Kier alpha value is -4.95. The number of nitrogens with one attached hydrogen (secondary N) is 1. The number of aliphatic hydroxyl groups is 3. The van der Waals surface area contributed by atoms with Crippen LogP contribution in [0.5, 0.6) is 0 Å². The van der Waals surface area contributed by atoms with E-state index in [4.69, 9.17) is 0 Å². The maximum Gasteiger partial charge on any atom is 0.310 e. The molecule has 3 aromatic rings. The van der Waals surface area contributed by atoms with Gasteiger partial charge in [0.15, 0.2) is 5.71 Å². The van der Waals surface area contributed by atoms with Gasteiger partial charge in [0, 0.05) is 60.1 Å². The molecule has 1 saturated heterocycles. The molecule has 3 aliphatic heterocycles. The lowest BCUT2D eigenvalue weighted by molar-refractivity contribution is -0.401. The molecule has 2 aromatic carbocycles. The molecule has 1 amide bonds. The average molecular weight is 849 g/mol. The van der Waals surface area contributed by atoms with Gasteiger partial charge >= 0.3 is 5.97 Å². The van der Waals surface area contributed by atoms with Crippen molar-refractivity contribution in [2.24, 2.45) is 5.92 Å². The minimum Gasteiger partial charge on any atom is -0.481 e. The number of aromatic nitrogens is 3. The number of benzene rings is 2. The highest BCUT2D eigenvalue weighted by molar-refractivity contribution is 6.03. The summed E-state index contributed by atoms with van der Waals surface area (Å²) in [6.07, 6.45) is 16.8. The number of anilines is 1. The number of carbonyl (C=O) groups excluding carboxylic acids is 1. The van der Waals surface area contributed by atoms with Crippen LogP contribution in [0.4, 0.5) is 11.4 Å². The fraction of sp³-hybridized carbons (Fsp3) is 0.531. The smallest absolute Gasteiger partial charge is 0.310 e. The molecule has 0 radical (unpaired) electrons. The van der Waals surface area contributed by atoms with Crippen LogP contribution in [0.3, 0.4) is 0 Å². The van der Waals surface area contributed by atoms with Gasteiger partial charge in [-0.2, -0.15) is 4.58 Å². The second-order valence-electron chi connectivity index (χ2n) is 18.6. The number of carbonyl (C=O) groups is 2. The monoisotopic (exact) mass is 849 g/mol. The zero-order valence-corrected chi connectivity index (χ0v) is 37.0. The fourth-order valence-electron chi connectivity index (χ4n) is 10.2. The number of hydrogen-bond acceptors (Lipinski definition) is 9. The Morgan fingerprint density at radius 1 is 0.774 bits per heavy atom. The van der Waals surface area contributed by atoms with E-state index in [0.717, 1.165) is 70.2 Å². The summed E-state index contributed by atoms with van der Waals surface area (Å²) in [4.78, 5) is 28.8. The average Bonchev–Trinajstić information content (AvgIpc) is 3.57. The van der Waals surface area contributed by atoms with Crippen LogP contribution in [0.15, 0.2) is 90.8 Å². The van der Waals surface area contributed by atoms with Crippen LogP contribution >= 0.6 is 0 Å². The van der Waals surface area contributed by atoms with Crippen LogP contribution in [0.25, 0.3) is 0 Å². The van der Waals surface area contributed by atoms with Crippen LogP contribution in [0, 0.1) is 5.92 Å². The number of amides is 1. The summed E-state index contributed by atoms with van der Waals surface area (Å²) in [5, 5.41) is 51.5. The molecule has 13 heteroatoms. The van der Waals surface area contributed by atoms with E-state index < -0.39 is 42.3 Å². The number of para-hydroxylation sites is 2. The summed E-state index contributed by atoms with van der Waals surface area (Å²) in [6.45, 7) is 11.7. The Morgan fingerprint density at radius 3 is 2.19 bits per heavy atom. The van der Waals surface area contributed by atoms with Crippen LogP contribution < -0.4 is 10.2 Å². The molecule has 1 aliphatic carbocycles. The first-order chi connectivity index (χ1) is 29.7. The molecule has 62 heavy (non-hydrogen) atoms. The number of aliphatic hydroxyl groups excluding tert-OH is 3. The van der Waals surface area contributed by atoms with Crippen LogP contribution in [0.2, 0.25) is 0 Å². The largest absolute Gasteiger partial charge is 0.481 e. The van der Waals surface area contributed by atoms with Gasteiger partial charge in [-0.05, 0) is 63.8 Å². The zero-order valence-electron chi connectivity index (χ0n) is 37.0. The third-order valence-corrected chi connectivity index (χ3v) is 13.7. The van der Waals surface area contributed by atoms with E-state index in [1.807, 2.05) is 15.8 Å². The van der Waals surface area contributed by atoms with Gasteiger partial charge in [0.05, 0.1) is 36.4 Å². The Kier molecular flexibility index (Phi) is 14.0. The lowest BCUT2D eigenvalue weighted by Crippen LogP contribution is -2.53. The summed E-state index contributed by atoms with van der Waals surface area (Å²) in [5.41, 5.74) is 8.19. The first-order valence-electron chi connectivity index (χ1n) is 22.5. The summed E-state index contributed by atoms with van der Waals surface area (Å²) >= 11 is 0. The van der Waals surface area contributed by atoms with Gasteiger partial charge in [-0.25, -0.2) is 0 Å². The van der Waals surface area contributed by atoms with Crippen molar-refractivity contribution in [3.63, 3.8) is 0 Å². The van der Waals surface area contributed by atoms with Gasteiger partial charge in [0.2, 0.25) is 11.6 Å². The van der Waals surface area contributed by atoms with Gasteiger partial charge < -0.3 is 30.6 Å². The van der Waals surface area contributed by atoms with Crippen molar-refractivity contribution in [3.05, 3.63) is 108 Å². The van der Waals surface area contributed by atoms with Crippen molar-refractivity contribution in [2.45, 2.75) is 140 Å². The summed E-state index contributed by atoms with van der Waals surface area (Å²) in [6, 6.07) is 16.4. The Balaban J connectivity index is 0.794. The van der Waals surface area contributed by atoms with E-state index in [1.54, 1.807) is 0 Å². The second-order valence-corrected chi connectivity index (χ2v) is 18.6. The zero-order chi connectivity index (χ0) is 44.2. The first kappa shape index (κ1) is 45.1. The number of likely N-dealkylation sites (tertiary alicyclic amines) is 1. The van der Waals surface area contributed by atoms with Crippen molar-refractivity contribution in [3.8, 4) is 0 Å². The molecule has 1 aromatic heterocycles. The van der Waals surface area contributed by atoms with E-state index in [9.17, 15) is 30.0 Å². The molecule has 0 spiro atoms. The van der Waals surface area contributed by atoms with Crippen LogP contribution in [0.1, 0.15) is 102 Å². The first-order valence-corrected chi connectivity index (χ1v) is 22.5.